The standard InChI is InChI=1S/C22H18N2O4/c25-17(28-16-5-1-3-11-4-2-8-23-20(11)16)10-24-21(26)18-12-6-7-13(15-9-14(12)15)19(18)22(24)27/h1-8,12-15,18-19H,9-10H2/t12-,13-,14-,15+,18-,19+/m0/s1. The summed E-state index contributed by atoms with van der Waals surface area (Å²) in [6, 6.07) is 9.02. The lowest BCUT2D eigenvalue weighted by Gasteiger charge is -2.37. The summed E-state index contributed by atoms with van der Waals surface area (Å²) >= 11 is 0. The monoisotopic (exact) mass is 374 g/mol. The third-order valence-electron chi connectivity index (χ3n) is 6.86. The summed E-state index contributed by atoms with van der Waals surface area (Å²) in [6.07, 6.45) is 6.99. The summed E-state index contributed by atoms with van der Waals surface area (Å²) < 4.78 is 5.48. The van der Waals surface area contributed by atoms with Crippen LogP contribution in [0.5, 0.6) is 5.75 Å². The van der Waals surface area contributed by atoms with Crippen LogP contribution in [-0.4, -0.2) is 34.2 Å². The first-order chi connectivity index (χ1) is 13.6. The Balaban J connectivity index is 1.23. The number of benzene rings is 1. The zero-order valence-electron chi connectivity index (χ0n) is 15.0. The molecule has 0 spiro atoms. The van der Waals surface area contributed by atoms with Crippen molar-refractivity contribution in [2.45, 2.75) is 6.42 Å². The van der Waals surface area contributed by atoms with Crippen molar-refractivity contribution in [1.82, 2.24) is 9.88 Å². The number of aromatic nitrogens is 1. The summed E-state index contributed by atoms with van der Waals surface area (Å²) in [4.78, 5) is 43.8. The largest absolute Gasteiger partial charge is 0.423 e. The van der Waals surface area contributed by atoms with Crippen molar-refractivity contribution in [1.29, 1.82) is 0 Å². The Kier molecular flexibility index (Phi) is 3.14. The molecule has 2 heterocycles. The summed E-state index contributed by atoms with van der Waals surface area (Å²) in [5, 5.41) is 0.856. The zero-order chi connectivity index (χ0) is 19.0. The highest BCUT2D eigenvalue weighted by atomic mass is 16.5. The van der Waals surface area contributed by atoms with Crippen molar-refractivity contribution in [2.75, 3.05) is 6.54 Å². The zero-order valence-corrected chi connectivity index (χ0v) is 15.0. The maximum atomic E-state index is 13.0. The maximum Gasteiger partial charge on any atom is 0.331 e. The molecule has 4 aliphatic carbocycles. The van der Waals surface area contributed by atoms with Gasteiger partial charge >= 0.3 is 5.97 Å². The van der Waals surface area contributed by atoms with Crippen LogP contribution in [0.1, 0.15) is 6.42 Å². The van der Waals surface area contributed by atoms with Gasteiger partial charge in [0.2, 0.25) is 11.8 Å². The van der Waals surface area contributed by atoms with E-state index in [9.17, 15) is 14.4 Å². The van der Waals surface area contributed by atoms with Gasteiger partial charge in [-0.05, 0) is 42.2 Å². The molecule has 6 atom stereocenters. The summed E-state index contributed by atoms with van der Waals surface area (Å²) in [6.45, 7) is -0.345. The van der Waals surface area contributed by atoms with Crippen molar-refractivity contribution in [3.05, 3.63) is 48.7 Å². The van der Waals surface area contributed by atoms with Crippen LogP contribution in [0.2, 0.25) is 0 Å². The molecule has 3 fully saturated rings. The maximum absolute atomic E-state index is 13.0. The number of allylic oxidation sites excluding steroid dienone is 2. The summed E-state index contributed by atoms with van der Waals surface area (Å²) in [5.41, 5.74) is 0.577. The van der Waals surface area contributed by atoms with Crippen LogP contribution in [-0.2, 0) is 14.4 Å². The van der Waals surface area contributed by atoms with E-state index in [1.54, 1.807) is 18.3 Å². The Labute approximate surface area is 161 Å². The number of amides is 2. The molecule has 5 aliphatic rings. The van der Waals surface area contributed by atoms with Crippen molar-refractivity contribution in [2.24, 2.45) is 35.5 Å². The number of rotatable bonds is 3. The number of hydrogen-bond acceptors (Lipinski definition) is 5. The predicted molar refractivity (Wildman–Crippen MR) is 98.8 cm³/mol. The van der Waals surface area contributed by atoms with Gasteiger partial charge < -0.3 is 4.74 Å². The van der Waals surface area contributed by atoms with Crippen LogP contribution < -0.4 is 4.74 Å². The molecule has 0 N–H and O–H groups in total. The Hall–Kier alpha value is -3.02. The second-order valence-corrected chi connectivity index (χ2v) is 8.22. The number of hydrogen-bond donors (Lipinski definition) is 0. The average Bonchev–Trinajstić information content (AvgIpc) is 3.49. The van der Waals surface area contributed by atoms with Crippen molar-refractivity contribution in [3.63, 3.8) is 0 Å². The first-order valence-electron chi connectivity index (χ1n) is 9.71. The number of para-hydroxylation sites is 1. The molecule has 28 heavy (non-hydrogen) atoms. The molecular formula is C22H18N2O4. The van der Waals surface area contributed by atoms with Crippen molar-refractivity contribution >= 4 is 28.7 Å². The summed E-state index contributed by atoms with van der Waals surface area (Å²) in [7, 11) is 0. The third kappa shape index (κ3) is 2.08. The topological polar surface area (TPSA) is 76.6 Å². The first-order valence-corrected chi connectivity index (χ1v) is 9.71. The smallest absolute Gasteiger partial charge is 0.331 e. The van der Waals surface area contributed by atoms with E-state index in [0.717, 1.165) is 16.7 Å². The number of fused-ring (bicyclic) bond motifs is 1. The van der Waals surface area contributed by atoms with Crippen LogP contribution in [0.25, 0.3) is 10.9 Å². The molecule has 6 heteroatoms. The Morgan fingerprint density at radius 1 is 1.04 bits per heavy atom. The molecule has 1 aromatic heterocycles. The molecule has 0 unspecified atom stereocenters. The highest BCUT2D eigenvalue weighted by Gasteiger charge is 2.67. The molecule has 2 aromatic rings. The molecule has 140 valence electrons. The van der Waals surface area contributed by atoms with Gasteiger partial charge in [0, 0.05) is 11.6 Å². The highest BCUT2D eigenvalue weighted by Crippen LogP contribution is 2.65. The first kappa shape index (κ1) is 16.0. The van der Waals surface area contributed by atoms with Gasteiger partial charge in [0.05, 0.1) is 11.8 Å². The van der Waals surface area contributed by atoms with Crippen LogP contribution >= 0.6 is 0 Å². The van der Waals surface area contributed by atoms with Crippen molar-refractivity contribution < 1.29 is 19.1 Å². The molecule has 0 radical (unpaired) electrons. The van der Waals surface area contributed by atoms with E-state index in [2.05, 4.69) is 17.1 Å². The number of carbonyl (C=O) groups is 3. The van der Waals surface area contributed by atoms with Gasteiger partial charge in [-0.15, -0.1) is 0 Å². The molecule has 2 amide bonds. The quantitative estimate of drug-likeness (QED) is 0.356. The van der Waals surface area contributed by atoms with Gasteiger partial charge in [0.25, 0.3) is 0 Å². The minimum absolute atomic E-state index is 0.153. The Morgan fingerprint density at radius 3 is 2.43 bits per heavy atom. The van der Waals surface area contributed by atoms with E-state index < -0.39 is 5.97 Å². The number of nitrogens with zero attached hydrogens (tertiary/aromatic N) is 2. The van der Waals surface area contributed by atoms with E-state index in [1.807, 2.05) is 18.2 Å². The van der Waals surface area contributed by atoms with Crippen LogP contribution in [0, 0.1) is 35.5 Å². The molecule has 1 aromatic carbocycles. The molecule has 1 saturated heterocycles. The number of likely N-dealkylation sites (tertiary alicyclic amines) is 1. The highest BCUT2D eigenvalue weighted by molar-refractivity contribution is 6.08. The lowest BCUT2D eigenvalue weighted by Crippen LogP contribution is -2.40. The van der Waals surface area contributed by atoms with E-state index >= 15 is 0 Å². The number of pyridine rings is 1. The second kappa shape index (κ2) is 5.50. The molecule has 6 nitrogen and oxygen atoms in total. The fraction of sp³-hybridized carbons (Fsp3) is 0.364. The molecular weight excluding hydrogens is 356 g/mol. The SMILES string of the molecule is O=C(CN1C(=O)[C@@H]2[C@H]3C=C[C@@H]([C@@H]4C[C@H]34)[C@@H]2C1=O)Oc1cccc2cccnc12. The van der Waals surface area contributed by atoms with Gasteiger partial charge in [0.1, 0.15) is 12.1 Å². The van der Waals surface area contributed by atoms with E-state index in [1.165, 1.54) is 0 Å². The van der Waals surface area contributed by atoms with Gasteiger partial charge in [-0.2, -0.15) is 0 Å². The van der Waals surface area contributed by atoms with E-state index in [-0.39, 0.29) is 42.0 Å². The third-order valence-corrected chi connectivity index (χ3v) is 6.86. The van der Waals surface area contributed by atoms with Crippen molar-refractivity contribution in [3.8, 4) is 5.75 Å². The summed E-state index contributed by atoms with van der Waals surface area (Å²) in [5.74, 6) is 0.0892. The number of ether oxygens (including phenoxy) is 1. The number of esters is 1. The normalized spacial score (nSPS) is 34.5. The molecule has 2 bridgehead atoms. The van der Waals surface area contributed by atoms with Crippen LogP contribution in [0.15, 0.2) is 48.7 Å². The van der Waals surface area contributed by atoms with Gasteiger partial charge in [0.15, 0.2) is 5.75 Å². The van der Waals surface area contributed by atoms with Gasteiger partial charge in [-0.1, -0.05) is 30.4 Å². The number of carbonyl (C=O) groups excluding carboxylic acids is 3. The molecule has 7 rings (SSSR count). The average molecular weight is 374 g/mol. The molecule has 1 aliphatic heterocycles. The van der Waals surface area contributed by atoms with E-state index in [4.69, 9.17) is 4.74 Å². The number of imide groups is 1. The fourth-order valence-corrected chi connectivity index (χ4v) is 5.62. The van der Waals surface area contributed by atoms with Gasteiger partial charge in [-0.3, -0.25) is 19.5 Å². The second-order valence-electron chi connectivity index (χ2n) is 8.22. The lowest BCUT2D eigenvalue weighted by atomic mass is 9.63. The molecule has 2 saturated carbocycles. The minimum Gasteiger partial charge on any atom is -0.423 e. The minimum atomic E-state index is -0.621. The predicted octanol–water partition coefficient (Wildman–Crippen LogP) is 2.19. The van der Waals surface area contributed by atoms with Crippen LogP contribution in [0.3, 0.4) is 0 Å². The lowest BCUT2D eigenvalue weighted by molar-refractivity contribution is -0.148. The van der Waals surface area contributed by atoms with E-state index in [0.29, 0.717) is 23.1 Å². The van der Waals surface area contributed by atoms with Gasteiger partial charge in [-0.25, -0.2) is 4.79 Å². The Bertz CT molecular complexity index is 1040. The van der Waals surface area contributed by atoms with Crippen LogP contribution in [0.4, 0.5) is 0 Å². The Morgan fingerprint density at radius 2 is 1.71 bits per heavy atom. The fourth-order valence-electron chi connectivity index (χ4n) is 5.62.